The maximum Gasteiger partial charge on any atom is 0.0929 e. The fourth-order valence-corrected chi connectivity index (χ4v) is 3.61. The molecule has 1 fully saturated rings. The number of fused-ring (bicyclic) bond motifs is 3. The Kier molecular flexibility index (Phi) is 3.00. The molecule has 4 nitrogen and oxygen atoms in total. The van der Waals surface area contributed by atoms with E-state index in [1.54, 1.807) is 0 Å². The van der Waals surface area contributed by atoms with Crippen LogP contribution < -0.4 is 10.6 Å². The normalized spacial score (nSPS) is 23.9. The minimum atomic E-state index is 0.452. The van der Waals surface area contributed by atoms with Gasteiger partial charge in [0, 0.05) is 18.5 Å². The summed E-state index contributed by atoms with van der Waals surface area (Å²) >= 11 is 0. The third-order valence-electron chi connectivity index (χ3n) is 4.78. The SMILES string of the molecule is C[C@@H]1CNCc2c3ccc(C4CCNCC4)cc3nn21. The van der Waals surface area contributed by atoms with Crippen molar-refractivity contribution in [2.24, 2.45) is 0 Å². The van der Waals surface area contributed by atoms with Crippen LogP contribution >= 0.6 is 0 Å². The molecule has 0 radical (unpaired) electrons. The molecule has 2 N–H and O–H groups in total. The fourth-order valence-electron chi connectivity index (χ4n) is 3.61. The highest BCUT2D eigenvalue weighted by molar-refractivity contribution is 5.82. The van der Waals surface area contributed by atoms with Crippen molar-refractivity contribution >= 4 is 10.9 Å². The van der Waals surface area contributed by atoms with Crippen molar-refractivity contribution in [2.75, 3.05) is 19.6 Å². The van der Waals surface area contributed by atoms with E-state index in [0.29, 0.717) is 12.0 Å². The van der Waals surface area contributed by atoms with E-state index >= 15 is 0 Å². The summed E-state index contributed by atoms with van der Waals surface area (Å²) in [6.07, 6.45) is 2.49. The van der Waals surface area contributed by atoms with Crippen LogP contribution in [0.3, 0.4) is 0 Å². The lowest BCUT2D eigenvalue weighted by molar-refractivity contribution is 0.395. The number of hydrogen-bond donors (Lipinski definition) is 2. The third-order valence-corrected chi connectivity index (χ3v) is 4.78. The molecule has 3 heterocycles. The van der Waals surface area contributed by atoms with Crippen LogP contribution in [0.15, 0.2) is 18.2 Å². The van der Waals surface area contributed by atoms with Crippen molar-refractivity contribution in [1.82, 2.24) is 20.4 Å². The molecule has 1 aromatic heterocycles. The van der Waals surface area contributed by atoms with Crippen LogP contribution in [0.5, 0.6) is 0 Å². The van der Waals surface area contributed by atoms with E-state index in [1.165, 1.54) is 35.0 Å². The van der Waals surface area contributed by atoms with E-state index in [2.05, 4.69) is 40.4 Å². The molecule has 0 saturated carbocycles. The highest BCUT2D eigenvalue weighted by atomic mass is 15.3. The smallest absolute Gasteiger partial charge is 0.0929 e. The molecule has 106 valence electrons. The second-order valence-electron chi connectivity index (χ2n) is 6.17. The number of rotatable bonds is 1. The minimum absolute atomic E-state index is 0.452. The summed E-state index contributed by atoms with van der Waals surface area (Å²) in [5.41, 5.74) is 3.98. The molecule has 2 aliphatic rings. The Balaban J connectivity index is 1.76. The summed E-state index contributed by atoms with van der Waals surface area (Å²) in [5, 5.41) is 13.1. The number of benzene rings is 1. The number of aromatic nitrogens is 2. The summed E-state index contributed by atoms with van der Waals surface area (Å²) in [6.45, 7) is 6.47. The van der Waals surface area contributed by atoms with E-state index in [-0.39, 0.29) is 0 Å². The number of piperidine rings is 1. The maximum atomic E-state index is 4.85. The summed E-state index contributed by atoms with van der Waals surface area (Å²) < 4.78 is 2.22. The Morgan fingerprint density at radius 3 is 2.90 bits per heavy atom. The maximum absolute atomic E-state index is 4.85. The average Bonchev–Trinajstić information content (AvgIpc) is 2.87. The molecule has 0 unspecified atom stereocenters. The standard InChI is InChI=1S/C16H22N4/c1-11-9-18-10-16-14-3-2-13(8-15(14)19-20(11)16)12-4-6-17-7-5-12/h2-3,8,11-12,17-18H,4-7,9-10H2,1H3/t11-/m1/s1. The molecule has 4 heteroatoms. The molecule has 0 aliphatic carbocycles. The summed E-state index contributed by atoms with van der Waals surface area (Å²) in [4.78, 5) is 0. The molecule has 0 amide bonds. The molecule has 0 spiro atoms. The van der Waals surface area contributed by atoms with Gasteiger partial charge in [-0.15, -0.1) is 0 Å². The van der Waals surface area contributed by atoms with Crippen LogP contribution in [0, 0.1) is 0 Å². The van der Waals surface area contributed by atoms with Gasteiger partial charge in [-0.3, -0.25) is 4.68 Å². The lowest BCUT2D eigenvalue weighted by Gasteiger charge is -2.23. The third kappa shape index (κ3) is 1.95. The van der Waals surface area contributed by atoms with Gasteiger partial charge in [0.1, 0.15) is 0 Å². The van der Waals surface area contributed by atoms with Crippen LogP contribution in [0.4, 0.5) is 0 Å². The van der Waals surface area contributed by atoms with E-state index in [1.807, 2.05) is 0 Å². The van der Waals surface area contributed by atoms with E-state index < -0.39 is 0 Å². The zero-order chi connectivity index (χ0) is 13.5. The van der Waals surface area contributed by atoms with E-state index in [4.69, 9.17) is 5.10 Å². The van der Waals surface area contributed by atoms with Crippen molar-refractivity contribution in [2.45, 2.75) is 38.3 Å². The van der Waals surface area contributed by atoms with Crippen molar-refractivity contribution in [3.63, 3.8) is 0 Å². The highest BCUT2D eigenvalue weighted by Crippen LogP contribution is 2.30. The lowest BCUT2D eigenvalue weighted by Crippen LogP contribution is -2.31. The summed E-state index contributed by atoms with van der Waals surface area (Å²) in [7, 11) is 0. The zero-order valence-corrected chi connectivity index (χ0v) is 12.0. The predicted molar refractivity (Wildman–Crippen MR) is 81.0 cm³/mol. The van der Waals surface area contributed by atoms with Crippen molar-refractivity contribution in [3.8, 4) is 0 Å². The van der Waals surface area contributed by atoms with Gasteiger partial charge in [-0.05, 0) is 50.4 Å². The zero-order valence-electron chi connectivity index (χ0n) is 12.0. The second kappa shape index (κ2) is 4.86. The second-order valence-corrected chi connectivity index (χ2v) is 6.17. The first-order valence-electron chi connectivity index (χ1n) is 7.75. The Morgan fingerprint density at radius 2 is 2.05 bits per heavy atom. The first kappa shape index (κ1) is 12.4. The largest absolute Gasteiger partial charge is 0.317 e. The average molecular weight is 270 g/mol. The summed E-state index contributed by atoms with van der Waals surface area (Å²) in [6, 6.07) is 7.38. The van der Waals surface area contributed by atoms with Gasteiger partial charge in [0.05, 0.1) is 17.3 Å². The number of nitrogens with one attached hydrogen (secondary N) is 2. The Bertz CT molecular complexity index is 625. The Hall–Kier alpha value is -1.39. The van der Waals surface area contributed by atoms with Gasteiger partial charge in [-0.25, -0.2) is 0 Å². The van der Waals surface area contributed by atoms with Crippen molar-refractivity contribution in [3.05, 3.63) is 29.5 Å². The molecular weight excluding hydrogens is 248 g/mol. The number of nitrogens with zero attached hydrogens (tertiary/aromatic N) is 2. The van der Waals surface area contributed by atoms with Gasteiger partial charge in [0.25, 0.3) is 0 Å². The fraction of sp³-hybridized carbons (Fsp3) is 0.562. The van der Waals surface area contributed by atoms with Gasteiger partial charge in [0.15, 0.2) is 0 Å². The Morgan fingerprint density at radius 1 is 1.20 bits per heavy atom. The van der Waals surface area contributed by atoms with Crippen molar-refractivity contribution < 1.29 is 0 Å². The van der Waals surface area contributed by atoms with Gasteiger partial charge >= 0.3 is 0 Å². The molecule has 0 bridgehead atoms. The van der Waals surface area contributed by atoms with Gasteiger partial charge < -0.3 is 10.6 Å². The molecule has 1 saturated heterocycles. The molecule has 1 aromatic carbocycles. The molecule has 20 heavy (non-hydrogen) atoms. The van der Waals surface area contributed by atoms with Gasteiger partial charge in [-0.1, -0.05) is 12.1 Å². The predicted octanol–water partition coefficient (Wildman–Crippen LogP) is 2.17. The number of hydrogen-bond acceptors (Lipinski definition) is 3. The van der Waals surface area contributed by atoms with Crippen LogP contribution in [0.1, 0.15) is 43.0 Å². The first-order valence-corrected chi connectivity index (χ1v) is 7.75. The van der Waals surface area contributed by atoms with E-state index in [0.717, 1.165) is 26.2 Å². The highest BCUT2D eigenvalue weighted by Gasteiger charge is 2.21. The molecule has 1 atom stereocenters. The first-order chi connectivity index (χ1) is 9.83. The quantitative estimate of drug-likeness (QED) is 0.834. The molecule has 2 aliphatic heterocycles. The molecular formula is C16H22N4. The molecule has 4 rings (SSSR count). The van der Waals surface area contributed by atoms with Crippen LogP contribution in [0.2, 0.25) is 0 Å². The van der Waals surface area contributed by atoms with Crippen molar-refractivity contribution in [1.29, 1.82) is 0 Å². The molecule has 2 aromatic rings. The Labute approximate surface area is 119 Å². The lowest BCUT2D eigenvalue weighted by atomic mass is 9.90. The van der Waals surface area contributed by atoms with E-state index in [9.17, 15) is 0 Å². The van der Waals surface area contributed by atoms with Crippen LogP contribution in [0.25, 0.3) is 10.9 Å². The van der Waals surface area contributed by atoms with Crippen LogP contribution in [-0.4, -0.2) is 29.4 Å². The van der Waals surface area contributed by atoms with Gasteiger partial charge in [-0.2, -0.15) is 5.10 Å². The monoisotopic (exact) mass is 270 g/mol. The topological polar surface area (TPSA) is 41.9 Å². The summed E-state index contributed by atoms with van der Waals surface area (Å²) in [5.74, 6) is 0.704. The minimum Gasteiger partial charge on any atom is -0.317 e. The van der Waals surface area contributed by atoms with Gasteiger partial charge in [0.2, 0.25) is 0 Å². The van der Waals surface area contributed by atoms with Crippen LogP contribution in [-0.2, 0) is 6.54 Å².